The molecule has 1 aromatic carbocycles. The first-order chi connectivity index (χ1) is 9.90. The van der Waals surface area contributed by atoms with Crippen molar-refractivity contribution < 1.29 is 9.53 Å². The van der Waals surface area contributed by atoms with Crippen molar-refractivity contribution in [1.82, 2.24) is 10.3 Å². The van der Waals surface area contributed by atoms with Gasteiger partial charge in [0.05, 0.1) is 11.6 Å². The topological polar surface area (TPSA) is 77.2 Å². The Bertz CT molecular complexity index is 629. The van der Waals surface area contributed by atoms with Crippen LogP contribution in [0.4, 0.5) is 4.79 Å². The Balaban J connectivity index is 2.26. The van der Waals surface area contributed by atoms with Gasteiger partial charge in [0.15, 0.2) is 0 Å². The number of amides is 1. The predicted octanol–water partition coefficient (Wildman–Crippen LogP) is 2.76. The number of nitrogens with one attached hydrogen (secondary N) is 1. The number of benzene rings is 1. The lowest BCUT2D eigenvalue weighted by atomic mass is 10.0. The number of carbonyl (C=O) groups excluding carboxylic acids is 1. The summed E-state index contributed by atoms with van der Waals surface area (Å²) in [5.41, 5.74) is 7.00. The zero-order valence-corrected chi connectivity index (χ0v) is 12.6. The lowest BCUT2D eigenvalue weighted by molar-refractivity contribution is 0.0505. The maximum Gasteiger partial charge on any atom is 0.408 e. The van der Waals surface area contributed by atoms with E-state index in [1.54, 1.807) is 6.20 Å². The third kappa shape index (κ3) is 3.92. The molecular weight excluding hydrogens is 266 g/mol. The Morgan fingerprint density at radius 2 is 2.05 bits per heavy atom. The molecule has 0 fully saturated rings. The molecule has 5 heteroatoms. The third-order valence-corrected chi connectivity index (χ3v) is 2.97. The van der Waals surface area contributed by atoms with Gasteiger partial charge in [-0.1, -0.05) is 24.3 Å². The van der Waals surface area contributed by atoms with Crippen molar-refractivity contribution in [2.24, 2.45) is 5.73 Å². The molecule has 1 unspecified atom stereocenters. The number of rotatable bonds is 3. The van der Waals surface area contributed by atoms with Crippen molar-refractivity contribution in [2.75, 3.05) is 6.54 Å². The van der Waals surface area contributed by atoms with Crippen LogP contribution in [0.2, 0.25) is 0 Å². The Morgan fingerprint density at radius 3 is 2.71 bits per heavy atom. The van der Waals surface area contributed by atoms with E-state index in [1.165, 1.54) is 0 Å². The monoisotopic (exact) mass is 287 g/mol. The lowest BCUT2D eigenvalue weighted by Gasteiger charge is -2.23. The molecule has 0 aliphatic rings. The van der Waals surface area contributed by atoms with E-state index in [1.807, 2.05) is 51.1 Å². The standard InChI is InChI=1S/C16H21N3O2/c1-16(2,3)21-15(20)19-13(10-17)12-8-4-6-11-7-5-9-18-14(11)12/h4-9,13H,10,17H2,1-3H3,(H,19,20). The van der Waals surface area contributed by atoms with E-state index in [4.69, 9.17) is 10.5 Å². The van der Waals surface area contributed by atoms with Gasteiger partial charge < -0.3 is 15.8 Å². The van der Waals surface area contributed by atoms with Crippen LogP contribution in [0.1, 0.15) is 32.4 Å². The first-order valence-corrected chi connectivity index (χ1v) is 6.94. The number of aromatic nitrogens is 1. The van der Waals surface area contributed by atoms with Crippen molar-refractivity contribution in [3.63, 3.8) is 0 Å². The van der Waals surface area contributed by atoms with Gasteiger partial charge in [0.1, 0.15) is 5.60 Å². The molecule has 0 bridgehead atoms. The molecule has 1 aromatic heterocycles. The van der Waals surface area contributed by atoms with E-state index in [0.717, 1.165) is 16.5 Å². The molecule has 0 saturated heterocycles. The molecule has 0 spiro atoms. The van der Waals surface area contributed by atoms with Crippen molar-refractivity contribution >= 4 is 17.0 Å². The van der Waals surface area contributed by atoms with Crippen molar-refractivity contribution in [3.8, 4) is 0 Å². The molecule has 1 amide bonds. The highest BCUT2D eigenvalue weighted by Gasteiger charge is 2.21. The second-order valence-electron chi connectivity index (χ2n) is 5.86. The number of nitrogens with zero attached hydrogens (tertiary/aromatic N) is 1. The molecular formula is C16H21N3O2. The Labute approximate surface area is 124 Å². The fraction of sp³-hybridized carbons (Fsp3) is 0.375. The van der Waals surface area contributed by atoms with Gasteiger partial charge in [-0.3, -0.25) is 4.98 Å². The van der Waals surface area contributed by atoms with Crippen LogP contribution in [0.5, 0.6) is 0 Å². The Hall–Kier alpha value is -2.14. The van der Waals surface area contributed by atoms with Gasteiger partial charge in [0.2, 0.25) is 0 Å². The van der Waals surface area contributed by atoms with E-state index < -0.39 is 11.7 Å². The van der Waals surface area contributed by atoms with E-state index in [0.29, 0.717) is 0 Å². The SMILES string of the molecule is CC(C)(C)OC(=O)NC(CN)c1cccc2cccnc12. The normalized spacial score (nSPS) is 13.0. The Morgan fingerprint density at radius 1 is 1.33 bits per heavy atom. The zero-order valence-electron chi connectivity index (χ0n) is 12.6. The first kappa shape index (κ1) is 15.3. The summed E-state index contributed by atoms with van der Waals surface area (Å²) >= 11 is 0. The van der Waals surface area contributed by atoms with Crippen LogP contribution < -0.4 is 11.1 Å². The van der Waals surface area contributed by atoms with Crippen molar-refractivity contribution in [3.05, 3.63) is 42.1 Å². The van der Waals surface area contributed by atoms with Gasteiger partial charge in [-0.25, -0.2) is 4.79 Å². The third-order valence-electron chi connectivity index (χ3n) is 2.97. The summed E-state index contributed by atoms with van der Waals surface area (Å²) in [5, 5.41) is 3.82. The van der Waals surface area contributed by atoms with Crippen LogP contribution in [-0.4, -0.2) is 23.2 Å². The second kappa shape index (κ2) is 6.10. The molecule has 0 saturated carbocycles. The minimum Gasteiger partial charge on any atom is -0.444 e. The van der Waals surface area contributed by atoms with Gasteiger partial charge in [0, 0.05) is 23.7 Å². The number of nitrogens with two attached hydrogens (primary N) is 1. The Kier molecular flexibility index (Phi) is 4.43. The summed E-state index contributed by atoms with van der Waals surface area (Å²) < 4.78 is 5.28. The van der Waals surface area contributed by atoms with Crippen LogP contribution in [0.3, 0.4) is 0 Å². The maximum absolute atomic E-state index is 11.9. The van der Waals surface area contributed by atoms with E-state index in [-0.39, 0.29) is 12.6 Å². The van der Waals surface area contributed by atoms with E-state index >= 15 is 0 Å². The van der Waals surface area contributed by atoms with Crippen molar-refractivity contribution in [1.29, 1.82) is 0 Å². The van der Waals surface area contributed by atoms with Crippen LogP contribution >= 0.6 is 0 Å². The van der Waals surface area contributed by atoms with E-state index in [2.05, 4.69) is 10.3 Å². The summed E-state index contributed by atoms with van der Waals surface area (Å²) in [6, 6.07) is 9.35. The fourth-order valence-corrected chi connectivity index (χ4v) is 2.12. The molecule has 2 aromatic rings. The molecule has 0 aliphatic carbocycles. The highest BCUT2D eigenvalue weighted by Crippen LogP contribution is 2.22. The van der Waals surface area contributed by atoms with Crippen LogP contribution in [0.15, 0.2) is 36.5 Å². The van der Waals surface area contributed by atoms with Gasteiger partial charge in [-0.2, -0.15) is 0 Å². The summed E-state index contributed by atoms with van der Waals surface area (Å²) in [6.07, 6.45) is 1.25. The van der Waals surface area contributed by atoms with Crippen LogP contribution in [-0.2, 0) is 4.74 Å². The minimum absolute atomic E-state index is 0.273. The van der Waals surface area contributed by atoms with Gasteiger partial charge in [0.25, 0.3) is 0 Å². The molecule has 3 N–H and O–H groups in total. The second-order valence-corrected chi connectivity index (χ2v) is 5.86. The highest BCUT2D eigenvalue weighted by atomic mass is 16.6. The maximum atomic E-state index is 11.9. The quantitative estimate of drug-likeness (QED) is 0.910. The van der Waals surface area contributed by atoms with Gasteiger partial charge >= 0.3 is 6.09 Å². The number of ether oxygens (including phenoxy) is 1. The van der Waals surface area contributed by atoms with Crippen molar-refractivity contribution in [2.45, 2.75) is 32.4 Å². The smallest absolute Gasteiger partial charge is 0.408 e. The predicted molar refractivity (Wildman–Crippen MR) is 82.9 cm³/mol. The van der Waals surface area contributed by atoms with Gasteiger partial charge in [-0.05, 0) is 26.8 Å². The van der Waals surface area contributed by atoms with Crippen LogP contribution in [0, 0.1) is 0 Å². The number of carbonyl (C=O) groups is 1. The summed E-state index contributed by atoms with van der Waals surface area (Å²) in [6.45, 7) is 5.74. The molecule has 1 atom stereocenters. The van der Waals surface area contributed by atoms with Gasteiger partial charge in [-0.15, -0.1) is 0 Å². The fourth-order valence-electron chi connectivity index (χ4n) is 2.12. The van der Waals surface area contributed by atoms with Crippen LogP contribution in [0.25, 0.3) is 10.9 Å². The summed E-state index contributed by atoms with van der Waals surface area (Å²) in [5.74, 6) is 0. The average Bonchev–Trinajstić information content (AvgIpc) is 2.42. The number of hydrogen-bond acceptors (Lipinski definition) is 4. The molecule has 2 rings (SSSR count). The molecule has 112 valence electrons. The highest BCUT2D eigenvalue weighted by molar-refractivity contribution is 5.82. The number of pyridine rings is 1. The largest absolute Gasteiger partial charge is 0.444 e. The van der Waals surface area contributed by atoms with E-state index in [9.17, 15) is 4.79 Å². The molecule has 0 radical (unpaired) electrons. The summed E-state index contributed by atoms with van der Waals surface area (Å²) in [7, 11) is 0. The molecule has 5 nitrogen and oxygen atoms in total. The zero-order chi connectivity index (χ0) is 15.5. The number of alkyl carbamates (subject to hydrolysis) is 1. The summed E-state index contributed by atoms with van der Waals surface area (Å²) in [4.78, 5) is 16.3. The molecule has 21 heavy (non-hydrogen) atoms. The lowest BCUT2D eigenvalue weighted by Crippen LogP contribution is -2.37. The first-order valence-electron chi connectivity index (χ1n) is 6.94. The molecule has 1 heterocycles. The number of para-hydroxylation sites is 1. The molecule has 0 aliphatic heterocycles. The number of fused-ring (bicyclic) bond motifs is 1. The minimum atomic E-state index is -0.541. The average molecular weight is 287 g/mol. The number of hydrogen-bond donors (Lipinski definition) is 2.